The van der Waals surface area contributed by atoms with E-state index in [2.05, 4.69) is 63.0 Å². The summed E-state index contributed by atoms with van der Waals surface area (Å²) in [5, 5.41) is 0. The van der Waals surface area contributed by atoms with Gasteiger partial charge in [0.25, 0.3) is 0 Å². The van der Waals surface area contributed by atoms with Gasteiger partial charge in [-0.15, -0.1) is 6.58 Å². The van der Waals surface area contributed by atoms with E-state index in [4.69, 9.17) is 0 Å². The van der Waals surface area contributed by atoms with Crippen molar-refractivity contribution in [2.45, 2.75) is 71.6 Å². The van der Waals surface area contributed by atoms with Crippen LogP contribution in [0.1, 0.15) is 71.6 Å². The minimum absolute atomic E-state index is 0.592. The molecule has 0 heterocycles. The Bertz CT molecular complexity index is 713. The Hall–Kier alpha value is -1.30. The van der Waals surface area contributed by atoms with Gasteiger partial charge in [-0.3, -0.25) is 0 Å². The summed E-state index contributed by atoms with van der Waals surface area (Å²) in [6.07, 6.45) is 30.5. The summed E-state index contributed by atoms with van der Waals surface area (Å²) >= 11 is 0. The minimum Gasteiger partial charge on any atom is -0.103 e. The SMILES string of the molecule is C=CCCC1CCC(C2(C3C4C=C(C)C=CC4C4C=CC(C)=CC43)CCCC2)C1. The van der Waals surface area contributed by atoms with Crippen molar-refractivity contribution >= 4 is 0 Å². The highest BCUT2D eigenvalue weighted by atomic mass is 14.6. The maximum Gasteiger partial charge on any atom is -0.00952 e. The van der Waals surface area contributed by atoms with E-state index in [1.54, 1.807) is 0 Å². The quantitative estimate of drug-likeness (QED) is 0.418. The van der Waals surface area contributed by atoms with Gasteiger partial charge < -0.3 is 0 Å². The van der Waals surface area contributed by atoms with Crippen LogP contribution in [-0.4, -0.2) is 0 Å². The van der Waals surface area contributed by atoms with Crippen LogP contribution in [0.5, 0.6) is 0 Å². The summed E-state index contributed by atoms with van der Waals surface area (Å²) in [4.78, 5) is 0. The molecule has 0 spiro atoms. The van der Waals surface area contributed by atoms with Crippen molar-refractivity contribution in [3.63, 3.8) is 0 Å². The van der Waals surface area contributed by atoms with Crippen molar-refractivity contribution in [3.8, 4) is 0 Å². The van der Waals surface area contributed by atoms with E-state index >= 15 is 0 Å². The second-order valence-electron chi connectivity index (χ2n) is 11.1. The van der Waals surface area contributed by atoms with Crippen LogP contribution in [0.25, 0.3) is 0 Å². The van der Waals surface area contributed by atoms with E-state index in [-0.39, 0.29) is 0 Å². The van der Waals surface area contributed by atoms with Crippen LogP contribution >= 0.6 is 0 Å². The summed E-state index contributed by atoms with van der Waals surface area (Å²) in [7, 11) is 0. The maximum absolute atomic E-state index is 3.97. The molecule has 0 bridgehead atoms. The van der Waals surface area contributed by atoms with Crippen LogP contribution in [0.4, 0.5) is 0 Å². The highest BCUT2D eigenvalue weighted by molar-refractivity contribution is 5.35. The van der Waals surface area contributed by atoms with Gasteiger partial charge >= 0.3 is 0 Å². The molecule has 0 aliphatic heterocycles. The second kappa shape index (κ2) is 7.75. The van der Waals surface area contributed by atoms with Crippen LogP contribution in [-0.2, 0) is 0 Å². The fourth-order valence-electron chi connectivity index (χ4n) is 8.46. The molecule has 3 saturated carbocycles. The first-order chi connectivity index (χ1) is 14.1. The third kappa shape index (κ3) is 3.26. The molecular weight excluding hydrogens is 348 g/mol. The zero-order valence-corrected chi connectivity index (χ0v) is 18.7. The molecule has 0 aromatic carbocycles. The summed E-state index contributed by atoms with van der Waals surface area (Å²) in [6, 6.07) is 0. The molecule has 6 unspecified atom stereocenters. The molecule has 156 valence electrons. The molecule has 0 saturated heterocycles. The average Bonchev–Trinajstić information content (AvgIpc) is 3.43. The lowest BCUT2D eigenvalue weighted by Gasteiger charge is -2.47. The number of hydrogen-bond donors (Lipinski definition) is 0. The molecule has 0 amide bonds. The predicted molar refractivity (Wildman–Crippen MR) is 124 cm³/mol. The van der Waals surface area contributed by atoms with Gasteiger partial charge in [-0.25, -0.2) is 0 Å². The van der Waals surface area contributed by atoms with Gasteiger partial charge in [-0.05, 0) is 99.2 Å². The van der Waals surface area contributed by atoms with Crippen molar-refractivity contribution in [1.29, 1.82) is 0 Å². The molecule has 29 heavy (non-hydrogen) atoms. The van der Waals surface area contributed by atoms with Crippen LogP contribution in [0.3, 0.4) is 0 Å². The molecule has 0 N–H and O–H groups in total. The van der Waals surface area contributed by atoms with Crippen molar-refractivity contribution in [1.82, 2.24) is 0 Å². The summed E-state index contributed by atoms with van der Waals surface area (Å²) < 4.78 is 0. The first kappa shape index (κ1) is 19.7. The second-order valence-corrected chi connectivity index (χ2v) is 11.1. The molecule has 6 atom stereocenters. The molecule has 0 nitrogen and oxygen atoms in total. The molecule has 5 aliphatic carbocycles. The molecule has 5 aliphatic rings. The summed E-state index contributed by atoms with van der Waals surface area (Å²) in [6.45, 7) is 8.62. The zero-order chi connectivity index (χ0) is 20.0. The normalized spacial score (nSPS) is 42.3. The molecule has 0 radical (unpaired) electrons. The van der Waals surface area contributed by atoms with Crippen LogP contribution in [0.15, 0.2) is 60.3 Å². The van der Waals surface area contributed by atoms with E-state index in [9.17, 15) is 0 Å². The summed E-state index contributed by atoms with van der Waals surface area (Å²) in [5.74, 6) is 5.73. The molecule has 0 aromatic heterocycles. The molecule has 3 fully saturated rings. The van der Waals surface area contributed by atoms with Gasteiger partial charge in [0, 0.05) is 0 Å². The van der Waals surface area contributed by atoms with Gasteiger partial charge in [-0.1, -0.05) is 72.9 Å². The smallest absolute Gasteiger partial charge is 0.00952 e. The minimum atomic E-state index is 0.592. The van der Waals surface area contributed by atoms with E-state index in [1.165, 1.54) is 68.9 Å². The maximum atomic E-state index is 3.97. The number of fused-ring (bicyclic) bond motifs is 3. The Labute approximate surface area is 178 Å². The standard InChI is InChI=1S/C29H40/c1-4-5-8-22-11-12-23(19-22)29(15-6-7-16-29)28-26-17-20(2)9-13-24(26)25-14-10-21(3)18-27(25)28/h4,9-10,13-14,17-18,22-28H,1,5-8,11-12,15-16,19H2,2-3H3. The van der Waals surface area contributed by atoms with Crippen LogP contribution in [0.2, 0.25) is 0 Å². The zero-order valence-electron chi connectivity index (χ0n) is 18.7. The molecular formula is C29H40. The van der Waals surface area contributed by atoms with Crippen LogP contribution < -0.4 is 0 Å². The van der Waals surface area contributed by atoms with E-state index in [0.29, 0.717) is 5.41 Å². The number of rotatable bonds is 5. The molecule has 0 aromatic rings. The third-order valence-corrected chi connectivity index (χ3v) is 9.57. The van der Waals surface area contributed by atoms with Gasteiger partial charge in [0.1, 0.15) is 0 Å². The van der Waals surface area contributed by atoms with Crippen molar-refractivity contribution in [2.75, 3.05) is 0 Å². The highest BCUT2D eigenvalue weighted by Gasteiger charge is 2.59. The van der Waals surface area contributed by atoms with Crippen molar-refractivity contribution in [3.05, 3.63) is 60.3 Å². The Morgan fingerprint density at radius 3 is 2.14 bits per heavy atom. The van der Waals surface area contributed by atoms with Crippen LogP contribution in [0, 0.1) is 46.8 Å². The Morgan fingerprint density at radius 1 is 0.931 bits per heavy atom. The fourth-order valence-corrected chi connectivity index (χ4v) is 8.46. The lowest BCUT2D eigenvalue weighted by Crippen LogP contribution is -2.40. The van der Waals surface area contributed by atoms with E-state index < -0.39 is 0 Å². The largest absolute Gasteiger partial charge is 0.103 e. The van der Waals surface area contributed by atoms with Gasteiger partial charge in [0.05, 0.1) is 0 Å². The van der Waals surface area contributed by atoms with E-state index in [1.807, 2.05) is 0 Å². The highest BCUT2D eigenvalue weighted by Crippen LogP contribution is 2.66. The van der Waals surface area contributed by atoms with Gasteiger partial charge in [0.15, 0.2) is 0 Å². The van der Waals surface area contributed by atoms with Crippen molar-refractivity contribution in [2.24, 2.45) is 46.8 Å². The molecule has 5 rings (SSSR count). The first-order valence-corrected chi connectivity index (χ1v) is 12.5. The monoisotopic (exact) mass is 388 g/mol. The summed E-state index contributed by atoms with van der Waals surface area (Å²) in [5.41, 5.74) is 3.60. The van der Waals surface area contributed by atoms with E-state index in [0.717, 1.165) is 41.4 Å². The molecule has 0 heteroatoms. The van der Waals surface area contributed by atoms with Gasteiger partial charge in [-0.2, -0.15) is 0 Å². The Morgan fingerprint density at radius 2 is 1.55 bits per heavy atom. The number of allylic oxidation sites excluding steroid dienone is 9. The topological polar surface area (TPSA) is 0 Å². The van der Waals surface area contributed by atoms with Gasteiger partial charge in [0.2, 0.25) is 0 Å². The average molecular weight is 389 g/mol. The first-order valence-electron chi connectivity index (χ1n) is 12.5. The lowest BCUT2D eigenvalue weighted by molar-refractivity contribution is 0.0391. The predicted octanol–water partition coefficient (Wildman–Crippen LogP) is 8.06. The lowest BCUT2D eigenvalue weighted by atomic mass is 9.57. The Kier molecular flexibility index (Phi) is 5.25. The fraction of sp³-hybridized carbons (Fsp3) is 0.655. The number of hydrogen-bond acceptors (Lipinski definition) is 0. The Balaban J connectivity index is 1.51. The third-order valence-electron chi connectivity index (χ3n) is 9.57. The van der Waals surface area contributed by atoms with Crippen molar-refractivity contribution < 1.29 is 0 Å².